The number of nitrogens with one attached hydrogen (secondary N) is 1. The molecule has 1 heterocycles. The third kappa shape index (κ3) is 3.04. The number of aromatic nitrogens is 1. The Labute approximate surface area is 92.9 Å². The molecule has 0 spiro atoms. The minimum atomic E-state index is -1.12. The molecule has 0 saturated carbocycles. The van der Waals surface area contributed by atoms with Gasteiger partial charge in [-0.15, -0.1) is 0 Å². The van der Waals surface area contributed by atoms with Crippen molar-refractivity contribution in [2.75, 3.05) is 19.3 Å². The van der Waals surface area contributed by atoms with Crippen LogP contribution in [0.15, 0.2) is 12.3 Å². The summed E-state index contributed by atoms with van der Waals surface area (Å²) in [7, 11) is 1.68. The molecule has 0 amide bonds. The summed E-state index contributed by atoms with van der Waals surface area (Å²) >= 11 is 5.66. The lowest BCUT2D eigenvalue weighted by molar-refractivity contribution is 0.0181. The Morgan fingerprint density at radius 2 is 2.27 bits per heavy atom. The number of aliphatic hydroxyl groups is 2. The van der Waals surface area contributed by atoms with Crippen LogP contribution in [0.25, 0.3) is 0 Å². The Bertz CT molecular complexity index is 335. The van der Waals surface area contributed by atoms with E-state index < -0.39 is 12.2 Å². The minimum Gasteiger partial charge on any atom is -0.397 e. The summed E-state index contributed by atoms with van der Waals surface area (Å²) in [5.74, 6) is 0. The average molecular weight is 232 g/mol. The number of anilines is 1. The van der Waals surface area contributed by atoms with Crippen LogP contribution >= 0.6 is 11.6 Å². The predicted octanol–water partition coefficient (Wildman–Crippen LogP) is -0.0691. The van der Waals surface area contributed by atoms with Crippen molar-refractivity contribution < 1.29 is 10.2 Å². The molecule has 15 heavy (non-hydrogen) atoms. The Morgan fingerprint density at radius 1 is 1.60 bits per heavy atom. The van der Waals surface area contributed by atoms with E-state index in [0.717, 1.165) is 0 Å². The van der Waals surface area contributed by atoms with Gasteiger partial charge in [0.25, 0.3) is 0 Å². The van der Waals surface area contributed by atoms with E-state index in [1.807, 2.05) is 0 Å². The van der Waals surface area contributed by atoms with E-state index in [-0.39, 0.29) is 17.9 Å². The maximum atomic E-state index is 9.72. The molecule has 1 rings (SSSR count). The van der Waals surface area contributed by atoms with E-state index in [1.165, 1.54) is 12.3 Å². The fourth-order valence-corrected chi connectivity index (χ4v) is 1.38. The standard InChI is InChI=1S/C9H14ClN3O2/c1-12-4-7(14)9(15)8-6(11)2-5(10)3-13-8/h2-3,7,9,12,14-15H,4,11H2,1H3. The van der Waals surface area contributed by atoms with Gasteiger partial charge >= 0.3 is 0 Å². The first-order valence-electron chi connectivity index (χ1n) is 4.48. The normalized spacial score (nSPS) is 14.9. The molecule has 0 aromatic carbocycles. The van der Waals surface area contributed by atoms with Crippen molar-refractivity contribution in [3.8, 4) is 0 Å². The number of nitrogen functional groups attached to an aromatic ring is 1. The van der Waals surface area contributed by atoms with Crippen LogP contribution in [0.4, 0.5) is 5.69 Å². The summed E-state index contributed by atoms with van der Waals surface area (Å²) in [6, 6.07) is 1.49. The number of rotatable bonds is 4. The van der Waals surface area contributed by atoms with Gasteiger partial charge in [-0.05, 0) is 13.1 Å². The highest BCUT2D eigenvalue weighted by molar-refractivity contribution is 6.30. The fourth-order valence-electron chi connectivity index (χ4n) is 1.22. The van der Waals surface area contributed by atoms with Crippen LogP contribution in [0, 0.1) is 0 Å². The van der Waals surface area contributed by atoms with Gasteiger partial charge in [-0.3, -0.25) is 4.98 Å². The van der Waals surface area contributed by atoms with E-state index in [4.69, 9.17) is 17.3 Å². The highest BCUT2D eigenvalue weighted by atomic mass is 35.5. The number of pyridine rings is 1. The second-order valence-corrected chi connectivity index (χ2v) is 3.63. The molecule has 2 unspecified atom stereocenters. The van der Waals surface area contributed by atoms with Crippen LogP contribution < -0.4 is 11.1 Å². The zero-order valence-electron chi connectivity index (χ0n) is 8.31. The second kappa shape index (κ2) is 5.27. The summed E-state index contributed by atoms with van der Waals surface area (Å²) in [5.41, 5.74) is 6.12. The molecule has 0 radical (unpaired) electrons. The van der Waals surface area contributed by atoms with Gasteiger partial charge in [-0.1, -0.05) is 11.6 Å². The molecule has 1 aromatic heterocycles. The van der Waals surface area contributed by atoms with Crippen molar-refractivity contribution >= 4 is 17.3 Å². The monoisotopic (exact) mass is 231 g/mol. The van der Waals surface area contributed by atoms with Crippen LogP contribution in [0.5, 0.6) is 0 Å². The molecule has 5 nitrogen and oxygen atoms in total. The number of hydrogen-bond donors (Lipinski definition) is 4. The highest BCUT2D eigenvalue weighted by Gasteiger charge is 2.21. The molecule has 0 saturated heterocycles. The zero-order chi connectivity index (χ0) is 11.4. The molecule has 2 atom stereocenters. The molecule has 0 aliphatic rings. The quantitative estimate of drug-likeness (QED) is 0.583. The lowest BCUT2D eigenvalue weighted by atomic mass is 10.1. The molecule has 5 N–H and O–H groups in total. The number of hydrogen-bond acceptors (Lipinski definition) is 5. The van der Waals surface area contributed by atoms with Crippen LogP contribution in [0.1, 0.15) is 11.8 Å². The van der Waals surface area contributed by atoms with Crippen molar-refractivity contribution in [3.63, 3.8) is 0 Å². The van der Waals surface area contributed by atoms with E-state index >= 15 is 0 Å². The molecule has 0 aliphatic heterocycles. The average Bonchev–Trinajstić information content (AvgIpc) is 2.17. The van der Waals surface area contributed by atoms with Crippen molar-refractivity contribution in [1.82, 2.24) is 10.3 Å². The Kier molecular flexibility index (Phi) is 4.28. The van der Waals surface area contributed by atoms with Gasteiger partial charge in [0.15, 0.2) is 0 Å². The lowest BCUT2D eigenvalue weighted by Gasteiger charge is -2.18. The fraction of sp³-hybridized carbons (Fsp3) is 0.444. The van der Waals surface area contributed by atoms with Crippen molar-refractivity contribution in [2.24, 2.45) is 0 Å². The molecule has 0 aliphatic carbocycles. The van der Waals surface area contributed by atoms with Gasteiger partial charge in [0.2, 0.25) is 0 Å². The lowest BCUT2D eigenvalue weighted by Crippen LogP contribution is -2.30. The molecular formula is C9H14ClN3O2. The largest absolute Gasteiger partial charge is 0.397 e. The predicted molar refractivity (Wildman–Crippen MR) is 58.6 cm³/mol. The first-order chi connectivity index (χ1) is 7.06. The van der Waals surface area contributed by atoms with Gasteiger partial charge in [0.1, 0.15) is 6.10 Å². The summed E-state index contributed by atoms with van der Waals surface area (Å²) in [5, 5.41) is 22.4. The van der Waals surface area contributed by atoms with E-state index in [9.17, 15) is 10.2 Å². The first kappa shape index (κ1) is 12.2. The minimum absolute atomic E-state index is 0.238. The van der Waals surface area contributed by atoms with Crippen LogP contribution in [0.3, 0.4) is 0 Å². The van der Waals surface area contributed by atoms with Crippen molar-refractivity contribution in [1.29, 1.82) is 0 Å². The molecule has 0 fully saturated rings. The van der Waals surface area contributed by atoms with Gasteiger partial charge in [-0.2, -0.15) is 0 Å². The van der Waals surface area contributed by atoms with E-state index in [1.54, 1.807) is 7.05 Å². The number of nitrogens with zero attached hydrogens (tertiary/aromatic N) is 1. The number of aliphatic hydroxyl groups excluding tert-OH is 2. The van der Waals surface area contributed by atoms with Gasteiger partial charge < -0.3 is 21.3 Å². The first-order valence-corrected chi connectivity index (χ1v) is 4.85. The Hall–Kier alpha value is -0.880. The highest BCUT2D eigenvalue weighted by Crippen LogP contribution is 2.23. The number of likely N-dealkylation sites (N-methyl/N-ethyl adjacent to an activating group) is 1. The maximum absolute atomic E-state index is 9.72. The maximum Gasteiger partial charge on any atom is 0.125 e. The smallest absolute Gasteiger partial charge is 0.125 e. The van der Waals surface area contributed by atoms with Gasteiger partial charge in [-0.25, -0.2) is 0 Å². The SMILES string of the molecule is CNCC(O)C(O)c1ncc(Cl)cc1N. The number of halogens is 1. The third-order valence-corrected chi connectivity index (χ3v) is 2.18. The summed E-state index contributed by atoms with van der Waals surface area (Å²) < 4.78 is 0. The Balaban J connectivity index is 2.86. The molecule has 84 valence electrons. The zero-order valence-corrected chi connectivity index (χ0v) is 9.07. The molecule has 6 heteroatoms. The van der Waals surface area contributed by atoms with Crippen molar-refractivity contribution in [3.05, 3.63) is 23.0 Å². The van der Waals surface area contributed by atoms with Crippen LogP contribution in [-0.2, 0) is 0 Å². The molecule has 1 aromatic rings. The second-order valence-electron chi connectivity index (χ2n) is 3.20. The number of nitrogens with two attached hydrogens (primary N) is 1. The van der Waals surface area contributed by atoms with Gasteiger partial charge in [0.05, 0.1) is 22.5 Å². The van der Waals surface area contributed by atoms with Gasteiger partial charge in [0, 0.05) is 12.7 Å². The summed E-state index contributed by atoms with van der Waals surface area (Å²) in [6.07, 6.45) is -0.691. The third-order valence-electron chi connectivity index (χ3n) is 1.97. The Morgan fingerprint density at radius 3 is 2.80 bits per heavy atom. The van der Waals surface area contributed by atoms with E-state index in [0.29, 0.717) is 5.02 Å². The molecular weight excluding hydrogens is 218 g/mol. The van der Waals surface area contributed by atoms with E-state index in [2.05, 4.69) is 10.3 Å². The van der Waals surface area contributed by atoms with Crippen molar-refractivity contribution in [2.45, 2.75) is 12.2 Å². The molecule has 0 bridgehead atoms. The topological polar surface area (TPSA) is 91.4 Å². The van der Waals surface area contributed by atoms with Crippen LogP contribution in [0.2, 0.25) is 5.02 Å². The summed E-state index contributed by atoms with van der Waals surface area (Å²) in [4.78, 5) is 3.89. The summed E-state index contributed by atoms with van der Waals surface area (Å²) in [6.45, 7) is 0.255. The van der Waals surface area contributed by atoms with Crippen LogP contribution in [-0.4, -0.2) is 34.9 Å².